The molecule has 0 bridgehead atoms. The highest BCUT2D eigenvalue weighted by Crippen LogP contribution is 2.30. The first-order valence-electron chi connectivity index (χ1n) is 11.4. The van der Waals surface area contributed by atoms with Gasteiger partial charge < -0.3 is 18.6 Å². The van der Waals surface area contributed by atoms with E-state index in [0.717, 1.165) is 24.6 Å². The number of benzene rings is 2. The first-order valence-corrected chi connectivity index (χ1v) is 12.8. The maximum Gasteiger partial charge on any atom is 0.338 e. The van der Waals surface area contributed by atoms with Crippen LogP contribution in [0.25, 0.3) is 11.0 Å². The summed E-state index contributed by atoms with van der Waals surface area (Å²) in [4.78, 5) is 24.9. The Bertz CT molecular complexity index is 1450. The van der Waals surface area contributed by atoms with Gasteiger partial charge in [0.2, 0.25) is 10.0 Å². The summed E-state index contributed by atoms with van der Waals surface area (Å²) in [6.07, 6.45) is 2.95. The predicted molar refractivity (Wildman–Crippen MR) is 126 cm³/mol. The molecular weight excluding hydrogens is 474 g/mol. The number of hydrogen-bond acceptors (Lipinski definition) is 8. The number of esters is 1. The number of carbonyl (C=O) groups is 1. The van der Waals surface area contributed by atoms with Crippen LogP contribution in [0.3, 0.4) is 0 Å². The number of methoxy groups -OCH3 is 1. The molecule has 0 amide bonds. The Kier molecular flexibility index (Phi) is 6.35. The van der Waals surface area contributed by atoms with Crippen LogP contribution >= 0.6 is 0 Å². The lowest BCUT2D eigenvalue weighted by atomic mass is 10.0. The van der Waals surface area contributed by atoms with Crippen molar-refractivity contribution in [2.75, 3.05) is 33.4 Å². The molecule has 35 heavy (non-hydrogen) atoms. The Labute approximate surface area is 202 Å². The summed E-state index contributed by atoms with van der Waals surface area (Å²) in [5, 5.41) is 0.725. The minimum atomic E-state index is -3.90. The van der Waals surface area contributed by atoms with Crippen LogP contribution in [0.15, 0.2) is 50.5 Å². The van der Waals surface area contributed by atoms with Gasteiger partial charge in [0.25, 0.3) is 0 Å². The van der Waals surface area contributed by atoms with Crippen LogP contribution in [0.1, 0.15) is 33.5 Å². The predicted octanol–water partition coefficient (Wildman–Crippen LogP) is 2.67. The third-order valence-electron chi connectivity index (χ3n) is 6.39. The fourth-order valence-corrected chi connectivity index (χ4v) is 6.16. The highest BCUT2D eigenvalue weighted by molar-refractivity contribution is 7.89. The monoisotopic (exact) mass is 499 g/mol. The van der Waals surface area contributed by atoms with Gasteiger partial charge >= 0.3 is 11.6 Å². The van der Waals surface area contributed by atoms with Crippen molar-refractivity contribution >= 4 is 27.0 Å². The molecule has 0 unspecified atom stereocenters. The third-order valence-corrected chi connectivity index (χ3v) is 8.31. The van der Waals surface area contributed by atoms with Crippen LogP contribution in [0.5, 0.6) is 5.75 Å². The van der Waals surface area contributed by atoms with E-state index >= 15 is 0 Å². The first-order chi connectivity index (χ1) is 16.9. The van der Waals surface area contributed by atoms with E-state index in [0.29, 0.717) is 24.4 Å². The Balaban J connectivity index is 1.41. The number of fused-ring (bicyclic) bond motifs is 2. The van der Waals surface area contributed by atoms with Crippen molar-refractivity contribution in [2.45, 2.75) is 30.8 Å². The van der Waals surface area contributed by atoms with E-state index in [2.05, 4.69) is 0 Å². The number of morpholine rings is 1. The molecule has 9 nitrogen and oxygen atoms in total. The Hall–Kier alpha value is -3.21. The summed E-state index contributed by atoms with van der Waals surface area (Å²) in [6, 6.07) is 9.33. The standard InChI is InChI=1S/C25H25NO8S/c1-31-21-6-5-18(13-23(21)35(29,30)26-7-9-32-10-8-26)25(28)33-15-19-14-24(27)34-22-12-17-4-2-3-16(17)11-20(19)22/h5-6,11-14H,2-4,7-10,15H2,1H3. The quantitative estimate of drug-likeness (QED) is 0.376. The second-order valence-corrected chi connectivity index (χ2v) is 10.4. The summed E-state index contributed by atoms with van der Waals surface area (Å²) in [5.41, 5.74) is 2.91. The number of sulfonamides is 1. The van der Waals surface area contributed by atoms with Gasteiger partial charge in [-0.1, -0.05) is 0 Å². The molecule has 0 atom stereocenters. The maximum atomic E-state index is 13.2. The smallest absolute Gasteiger partial charge is 0.338 e. The zero-order valence-corrected chi connectivity index (χ0v) is 20.1. The van der Waals surface area contributed by atoms with Gasteiger partial charge in [-0.25, -0.2) is 18.0 Å². The highest BCUT2D eigenvalue weighted by Gasteiger charge is 2.30. The zero-order valence-electron chi connectivity index (χ0n) is 19.2. The molecule has 1 aliphatic carbocycles. The molecule has 0 saturated carbocycles. The number of rotatable bonds is 6. The van der Waals surface area contributed by atoms with Crippen molar-refractivity contribution in [3.63, 3.8) is 0 Å². The second-order valence-electron chi connectivity index (χ2n) is 8.52. The van der Waals surface area contributed by atoms with E-state index in [1.165, 1.54) is 46.8 Å². The molecule has 0 radical (unpaired) electrons. The average Bonchev–Trinajstić information content (AvgIpc) is 3.33. The number of nitrogens with zero attached hydrogens (tertiary/aromatic N) is 1. The van der Waals surface area contributed by atoms with Crippen molar-refractivity contribution in [3.05, 3.63) is 69.1 Å². The molecular formula is C25H25NO8S. The lowest BCUT2D eigenvalue weighted by Gasteiger charge is -2.26. The summed E-state index contributed by atoms with van der Waals surface area (Å²) in [7, 11) is -2.53. The fourth-order valence-electron chi connectivity index (χ4n) is 4.57. The van der Waals surface area contributed by atoms with Gasteiger partial charge in [-0.3, -0.25) is 0 Å². The SMILES string of the molecule is COc1ccc(C(=O)OCc2cc(=O)oc3cc4c(cc23)CCC4)cc1S(=O)(=O)N1CCOCC1. The van der Waals surface area contributed by atoms with Crippen molar-refractivity contribution in [2.24, 2.45) is 0 Å². The van der Waals surface area contributed by atoms with Crippen molar-refractivity contribution in [1.82, 2.24) is 4.31 Å². The molecule has 0 spiro atoms. The molecule has 1 aliphatic heterocycles. The molecule has 1 fully saturated rings. The number of ether oxygens (including phenoxy) is 3. The molecule has 2 heterocycles. The molecule has 10 heteroatoms. The van der Waals surface area contributed by atoms with Crippen LogP contribution in [0.2, 0.25) is 0 Å². The van der Waals surface area contributed by atoms with E-state index in [-0.39, 0.29) is 35.9 Å². The van der Waals surface area contributed by atoms with E-state index in [9.17, 15) is 18.0 Å². The van der Waals surface area contributed by atoms with Gasteiger partial charge in [-0.05, 0) is 60.7 Å². The van der Waals surface area contributed by atoms with Gasteiger partial charge in [0.05, 0.1) is 25.9 Å². The lowest BCUT2D eigenvalue weighted by Crippen LogP contribution is -2.40. The molecule has 0 N–H and O–H groups in total. The molecule has 1 saturated heterocycles. The van der Waals surface area contributed by atoms with E-state index < -0.39 is 21.6 Å². The second kappa shape index (κ2) is 9.44. The van der Waals surface area contributed by atoms with Gasteiger partial charge in [-0.2, -0.15) is 4.31 Å². The summed E-state index contributed by atoms with van der Waals surface area (Å²) >= 11 is 0. The number of carbonyl (C=O) groups excluding carboxylic acids is 1. The maximum absolute atomic E-state index is 13.2. The number of hydrogen-bond donors (Lipinski definition) is 0. The van der Waals surface area contributed by atoms with Crippen LogP contribution in [-0.2, 0) is 38.9 Å². The van der Waals surface area contributed by atoms with Crippen molar-refractivity contribution < 1.29 is 31.8 Å². The molecule has 1 aromatic heterocycles. The van der Waals surface area contributed by atoms with Crippen LogP contribution < -0.4 is 10.4 Å². The summed E-state index contributed by atoms with van der Waals surface area (Å²) in [5.74, 6) is -0.581. The fraction of sp³-hybridized carbons (Fsp3) is 0.360. The van der Waals surface area contributed by atoms with E-state index in [1.54, 1.807) is 0 Å². The normalized spacial score (nSPS) is 16.3. The summed E-state index contributed by atoms with van der Waals surface area (Å²) < 4.78 is 49.0. The Morgan fingerprint density at radius 3 is 2.54 bits per heavy atom. The Morgan fingerprint density at radius 2 is 1.80 bits per heavy atom. The largest absolute Gasteiger partial charge is 0.495 e. The van der Waals surface area contributed by atoms with Gasteiger partial charge in [0.1, 0.15) is 22.8 Å². The van der Waals surface area contributed by atoms with Crippen LogP contribution in [-0.4, -0.2) is 52.1 Å². The minimum absolute atomic E-state index is 0.0609. The van der Waals surface area contributed by atoms with Gasteiger partial charge in [0.15, 0.2) is 0 Å². The molecule has 2 aliphatic rings. The number of aryl methyl sites for hydroxylation is 2. The third kappa shape index (κ3) is 4.56. The van der Waals surface area contributed by atoms with Gasteiger partial charge in [0, 0.05) is 30.1 Å². The van der Waals surface area contributed by atoms with Crippen molar-refractivity contribution in [3.8, 4) is 5.75 Å². The topological polar surface area (TPSA) is 112 Å². The molecule has 2 aromatic carbocycles. The van der Waals surface area contributed by atoms with E-state index in [4.69, 9.17) is 18.6 Å². The minimum Gasteiger partial charge on any atom is -0.495 e. The lowest BCUT2D eigenvalue weighted by molar-refractivity contribution is 0.0473. The summed E-state index contributed by atoms with van der Waals surface area (Å²) in [6.45, 7) is 0.870. The highest BCUT2D eigenvalue weighted by atomic mass is 32.2. The van der Waals surface area contributed by atoms with Crippen molar-refractivity contribution in [1.29, 1.82) is 0 Å². The average molecular weight is 500 g/mol. The zero-order chi connectivity index (χ0) is 24.6. The van der Waals surface area contributed by atoms with Gasteiger partial charge in [-0.15, -0.1) is 0 Å². The Morgan fingerprint density at radius 1 is 1.06 bits per heavy atom. The molecule has 5 rings (SSSR count). The first kappa shape index (κ1) is 23.5. The van der Waals surface area contributed by atoms with Crippen LogP contribution in [0, 0.1) is 0 Å². The molecule has 184 valence electrons. The van der Waals surface area contributed by atoms with Crippen LogP contribution in [0.4, 0.5) is 0 Å². The molecule has 3 aromatic rings. The van der Waals surface area contributed by atoms with E-state index in [1.807, 2.05) is 12.1 Å².